The van der Waals surface area contributed by atoms with E-state index in [1.165, 1.54) is 25.7 Å². The van der Waals surface area contributed by atoms with Crippen molar-refractivity contribution in [3.63, 3.8) is 0 Å². The number of aromatic nitrogens is 2. The Balaban J connectivity index is 1.25. The Bertz CT molecular complexity index is 809. The molecule has 1 aliphatic heterocycles. The van der Waals surface area contributed by atoms with Gasteiger partial charge in [0, 0.05) is 22.0 Å². The Morgan fingerprint density at radius 2 is 1.90 bits per heavy atom. The van der Waals surface area contributed by atoms with Gasteiger partial charge in [0.2, 0.25) is 17.6 Å². The quantitative estimate of drug-likeness (QED) is 0.662. The molecule has 1 aromatic carbocycles. The lowest BCUT2D eigenvalue weighted by molar-refractivity contribution is -0.127. The number of amides is 1. The number of rotatable bonds is 5. The van der Waals surface area contributed by atoms with Crippen LogP contribution in [0.1, 0.15) is 57.3 Å². The van der Waals surface area contributed by atoms with Gasteiger partial charge >= 0.3 is 0 Å². The Hall–Kier alpha value is -1.73. The molecule has 2 fully saturated rings. The van der Waals surface area contributed by atoms with Crippen molar-refractivity contribution in [1.29, 1.82) is 0 Å². The van der Waals surface area contributed by atoms with Gasteiger partial charge in [-0.2, -0.15) is 4.98 Å². The number of likely N-dealkylation sites (tertiary alicyclic amines) is 1. The third-order valence-corrected chi connectivity index (χ3v) is 6.56. The highest BCUT2D eigenvalue weighted by atomic mass is 79.9. The number of hydrogen-bond acceptors (Lipinski definition) is 5. The molecule has 0 bridgehead atoms. The van der Waals surface area contributed by atoms with Crippen LogP contribution in [0.5, 0.6) is 0 Å². The summed E-state index contributed by atoms with van der Waals surface area (Å²) in [6.45, 7) is 2.41. The summed E-state index contributed by atoms with van der Waals surface area (Å²) in [4.78, 5) is 19.5. The number of hydrogen-bond donors (Lipinski definition) is 1. The highest BCUT2D eigenvalue weighted by Gasteiger charge is 2.27. The van der Waals surface area contributed by atoms with Crippen molar-refractivity contribution in [3.8, 4) is 11.4 Å². The van der Waals surface area contributed by atoms with Crippen LogP contribution in [0.2, 0.25) is 0 Å². The molecule has 1 N–H and O–H groups in total. The van der Waals surface area contributed by atoms with Gasteiger partial charge in [-0.3, -0.25) is 9.69 Å². The molecule has 1 aromatic heterocycles. The van der Waals surface area contributed by atoms with E-state index in [-0.39, 0.29) is 11.8 Å². The van der Waals surface area contributed by atoms with E-state index in [2.05, 4.69) is 36.3 Å². The van der Waals surface area contributed by atoms with Crippen molar-refractivity contribution in [2.24, 2.45) is 5.92 Å². The summed E-state index contributed by atoms with van der Waals surface area (Å²) in [7, 11) is 0. The molecule has 2 aromatic rings. The van der Waals surface area contributed by atoms with E-state index >= 15 is 0 Å². The summed E-state index contributed by atoms with van der Waals surface area (Å²) >= 11 is 3.47. The zero-order chi connectivity index (χ0) is 20.1. The van der Waals surface area contributed by atoms with Gasteiger partial charge in [-0.05, 0) is 50.9 Å². The number of carbonyl (C=O) groups is 1. The summed E-state index contributed by atoms with van der Waals surface area (Å²) in [5, 5.41) is 7.43. The lowest BCUT2D eigenvalue weighted by Crippen LogP contribution is -2.43. The van der Waals surface area contributed by atoms with E-state index in [4.69, 9.17) is 4.52 Å². The van der Waals surface area contributed by atoms with Gasteiger partial charge in [0.15, 0.2) is 0 Å². The monoisotopic (exact) mass is 460 g/mol. The highest BCUT2D eigenvalue weighted by Crippen LogP contribution is 2.23. The second-order valence-corrected chi connectivity index (χ2v) is 9.19. The molecule has 2 heterocycles. The number of nitrogens with one attached hydrogen (secondary N) is 1. The van der Waals surface area contributed by atoms with Gasteiger partial charge in [-0.25, -0.2) is 0 Å². The summed E-state index contributed by atoms with van der Waals surface area (Å²) in [6, 6.07) is 8.27. The summed E-state index contributed by atoms with van der Waals surface area (Å²) in [6.07, 6.45) is 9.18. The van der Waals surface area contributed by atoms with Crippen LogP contribution >= 0.6 is 15.9 Å². The first-order valence-electron chi connectivity index (χ1n) is 10.8. The first-order valence-corrected chi connectivity index (χ1v) is 11.6. The van der Waals surface area contributed by atoms with Gasteiger partial charge in [-0.15, -0.1) is 0 Å². The lowest BCUT2D eigenvalue weighted by atomic mass is 9.95. The first-order chi connectivity index (χ1) is 14.2. The molecule has 0 radical (unpaired) electrons. The van der Waals surface area contributed by atoms with Gasteiger partial charge in [-0.1, -0.05) is 58.9 Å². The predicted molar refractivity (Wildman–Crippen MR) is 115 cm³/mol. The molecule has 1 saturated carbocycles. The van der Waals surface area contributed by atoms with Crippen molar-refractivity contribution in [1.82, 2.24) is 20.4 Å². The number of carbonyl (C=O) groups excluding carboxylic acids is 1. The maximum Gasteiger partial charge on any atom is 0.241 e. The summed E-state index contributed by atoms with van der Waals surface area (Å²) in [5.74, 6) is 1.63. The van der Waals surface area contributed by atoms with E-state index in [0.717, 1.165) is 48.8 Å². The minimum Gasteiger partial charge on any atom is -0.353 e. The van der Waals surface area contributed by atoms with Crippen molar-refractivity contribution in [3.05, 3.63) is 34.6 Å². The van der Waals surface area contributed by atoms with Gasteiger partial charge in [0.25, 0.3) is 0 Å². The van der Waals surface area contributed by atoms with Crippen molar-refractivity contribution >= 4 is 21.8 Å². The molecule has 156 valence electrons. The number of benzene rings is 1. The normalized spacial score (nSPS) is 19.8. The van der Waals surface area contributed by atoms with Crippen molar-refractivity contribution < 1.29 is 9.32 Å². The summed E-state index contributed by atoms with van der Waals surface area (Å²) < 4.78 is 6.44. The molecule has 0 unspecified atom stereocenters. The van der Waals surface area contributed by atoms with Crippen LogP contribution in [0.25, 0.3) is 11.4 Å². The average Bonchev–Trinajstić information content (AvgIpc) is 3.04. The molecule has 0 spiro atoms. The van der Waals surface area contributed by atoms with E-state index in [1.807, 2.05) is 24.3 Å². The van der Waals surface area contributed by atoms with Crippen LogP contribution in [-0.2, 0) is 11.3 Å². The Morgan fingerprint density at radius 3 is 2.62 bits per heavy atom. The molecular weight excluding hydrogens is 432 g/mol. The predicted octanol–water partition coefficient (Wildman–Crippen LogP) is 4.55. The smallest absolute Gasteiger partial charge is 0.241 e. The third-order valence-electron chi connectivity index (χ3n) is 6.07. The number of nitrogens with zero attached hydrogens (tertiary/aromatic N) is 3. The van der Waals surface area contributed by atoms with Gasteiger partial charge < -0.3 is 9.84 Å². The maximum absolute atomic E-state index is 12.7. The van der Waals surface area contributed by atoms with E-state index in [1.54, 1.807) is 0 Å². The summed E-state index contributed by atoms with van der Waals surface area (Å²) in [5.41, 5.74) is 0.934. The molecule has 29 heavy (non-hydrogen) atoms. The molecule has 2 aliphatic rings. The van der Waals surface area contributed by atoms with E-state index < -0.39 is 0 Å². The Morgan fingerprint density at radius 1 is 1.14 bits per heavy atom. The standard InChI is InChI=1S/C22H29BrN4O2/c23-18-7-5-6-17(14-18)21-25-20(29-26-21)15-27-12-10-16(11-13-27)22(28)24-19-8-3-1-2-4-9-19/h5-7,14,16,19H,1-4,8-13,15H2,(H,24,28). The molecule has 6 nitrogen and oxygen atoms in total. The minimum absolute atomic E-state index is 0.134. The highest BCUT2D eigenvalue weighted by molar-refractivity contribution is 9.10. The minimum atomic E-state index is 0.134. The fourth-order valence-corrected chi connectivity index (χ4v) is 4.75. The van der Waals surface area contributed by atoms with Gasteiger partial charge in [0.1, 0.15) is 0 Å². The molecule has 7 heteroatoms. The van der Waals surface area contributed by atoms with Crippen LogP contribution in [0.15, 0.2) is 33.3 Å². The van der Waals surface area contributed by atoms with Crippen LogP contribution in [0, 0.1) is 5.92 Å². The Kier molecular flexibility index (Phi) is 6.98. The number of halogens is 1. The first kappa shape index (κ1) is 20.5. The molecule has 0 atom stereocenters. The van der Waals surface area contributed by atoms with Crippen LogP contribution in [-0.4, -0.2) is 40.1 Å². The lowest BCUT2D eigenvalue weighted by Gasteiger charge is -2.31. The third kappa shape index (κ3) is 5.66. The zero-order valence-electron chi connectivity index (χ0n) is 16.8. The molecule has 1 aliphatic carbocycles. The van der Waals surface area contributed by atoms with Crippen molar-refractivity contribution in [2.45, 2.75) is 64.0 Å². The molecule has 1 saturated heterocycles. The van der Waals surface area contributed by atoms with Gasteiger partial charge in [0.05, 0.1) is 6.54 Å². The molecular formula is C22H29BrN4O2. The number of piperidine rings is 1. The van der Waals surface area contributed by atoms with Crippen LogP contribution in [0.3, 0.4) is 0 Å². The fourth-order valence-electron chi connectivity index (χ4n) is 4.35. The largest absolute Gasteiger partial charge is 0.353 e. The molecule has 4 rings (SSSR count). The van der Waals surface area contributed by atoms with Crippen LogP contribution < -0.4 is 5.32 Å². The van der Waals surface area contributed by atoms with Crippen LogP contribution in [0.4, 0.5) is 0 Å². The fraction of sp³-hybridized carbons (Fsp3) is 0.591. The SMILES string of the molecule is O=C(NC1CCCCCC1)C1CCN(Cc2nc(-c3cccc(Br)c3)no2)CC1. The maximum atomic E-state index is 12.7. The van der Waals surface area contributed by atoms with Crippen molar-refractivity contribution in [2.75, 3.05) is 13.1 Å². The van der Waals surface area contributed by atoms with E-state index in [9.17, 15) is 4.79 Å². The second-order valence-electron chi connectivity index (χ2n) is 8.27. The molecule has 1 amide bonds. The van der Waals surface area contributed by atoms with E-state index in [0.29, 0.717) is 24.3 Å². The topological polar surface area (TPSA) is 71.3 Å². The average molecular weight is 461 g/mol. The second kappa shape index (κ2) is 9.85. The zero-order valence-corrected chi connectivity index (χ0v) is 18.4. The Labute approximate surface area is 180 Å².